The molecule has 88 valence electrons. The minimum absolute atomic E-state index is 0.150. The van der Waals surface area contributed by atoms with Crippen molar-refractivity contribution >= 4 is 23.2 Å². The van der Waals surface area contributed by atoms with Gasteiger partial charge >= 0.3 is 0 Å². The lowest BCUT2D eigenvalue weighted by Crippen LogP contribution is -2.36. The van der Waals surface area contributed by atoms with Crippen molar-refractivity contribution in [2.24, 2.45) is 0 Å². The van der Waals surface area contributed by atoms with Crippen molar-refractivity contribution in [2.45, 2.75) is 31.7 Å². The second kappa shape index (κ2) is 5.27. The summed E-state index contributed by atoms with van der Waals surface area (Å²) in [4.78, 5) is 7.70. The molecule has 0 saturated heterocycles. The normalized spacial score (nSPS) is 24.2. The SMILES string of the molecule is COC1CC(OCc2cnc(Cl)nc2Cl)C1. The Morgan fingerprint density at radius 3 is 2.75 bits per heavy atom. The van der Waals surface area contributed by atoms with Crippen LogP contribution in [0.25, 0.3) is 0 Å². The van der Waals surface area contributed by atoms with E-state index < -0.39 is 0 Å². The minimum Gasteiger partial charge on any atom is -0.381 e. The number of halogens is 2. The topological polar surface area (TPSA) is 44.2 Å². The third-order valence-corrected chi connectivity index (χ3v) is 3.15. The molecule has 4 nitrogen and oxygen atoms in total. The Kier molecular flexibility index (Phi) is 3.97. The van der Waals surface area contributed by atoms with Gasteiger partial charge in [-0.1, -0.05) is 11.6 Å². The fourth-order valence-electron chi connectivity index (χ4n) is 1.52. The van der Waals surface area contributed by atoms with Gasteiger partial charge in [0.25, 0.3) is 0 Å². The third kappa shape index (κ3) is 2.83. The fraction of sp³-hybridized carbons (Fsp3) is 0.600. The van der Waals surface area contributed by atoms with Crippen LogP contribution in [0, 0.1) is 0 Å². The second-order valence-electron chi connectivity index (χ2n) is 3.72. The number of hydrogen-bond donors (Lipinski definition) is 0. The maximum Gasteiger partial charge on any atom is 0.223 e. The quantitative estimate of drug-likeness (QED) is 0.618. The average molecular weight is 263 g/mol. The van der Waals surface area contributed by atoms with Crippen LogP contribution < -0.4 is 0 Å². The highest BCUT2D eigenvalue weighted by Crippen LogP contribution is 2.27. The van der Waals surface area contributed by atoms with E-state index in [0.717, 1.165) is 18.4 Å². The van der Waals surface area contributed by atoms with Gasteiger partial charge in [-0.2, -0.15) is 0 Å². The highest BCUT2D eigenvalue weighted by Gasteiger charge is 2.29. The Balaban J connectivity index is 1.82. The van der Waals surface area contributed by atoms with Gasteiger partial charge < -0.3 is 9.47 Å². The first-order valence-corrected chi connectivity index (χ1v) is 5.76. The molecular formula is C10H12Cl2N2O2. The maximum atomic E-state index is 5.89. The first-order valence-electron chi connectivity index (χ1n) is 5.00. The second-order valence-corrected chi connectivity index (χ2v) is 4.41. The van der Waals surface area contributed by atoms with Crippen molar-refractivity contribution in [1.29, 1.82) is 0 Å². The molecule has 0 N–H and O–H groups in total. The minimum atomic E-state index is 0.150. The Morgan fingerprint density at radius 1 is 1.38 bits per heavy atom. The highest BCUT2D eigenvalue weighted by molar-refractivity contribution is 6.32. The molecule has 0 aromatic carbocycles. The summed E-state index contributed by atoms with van der Waals surface area (Å²) >= 11 is 11.5. The van der Waals surface area contributed by atoms with Gasteiger partial charge in [-0.25, -0.2) is 9.97 Å². The van der Waals surface area contributed by atoms with Gasteiger partial charge in [-0.05, 0) is 24.4 Å². The van der Waals surface area contributed by atoms with Gasteiger partial charge in [0, 0.05) is 18.9 Å². The Labute approximate surface area is 104 Å². The molecular weight excluding hydrogens is 251 g/mol. The van der Waals surface area contributed by atoms with E-state index in [1.165, 1.54) is 0 Å². The van der Waals surface area contributed by atoms with Crippen molar-refractivity contribution in [3.8, 4) is 0 Å². The summed E-state index contributed by atoms with van der Waals surface area (Å²) in [5.41, 5.74) is 0.756. The summed E-state index contributed by atoms with van der Waals surface area (Å²) in [5, 5.41) is 0.499. The van der Waals surface area contributed by atoms with Crippen LogP contribution in [-0.2, 0) is 16.1 Å². The summed E-state index contributed by atoms with van der Waals surface area (Å²) in [6, 6.07) is 0. The molecule has 0 unspecified atom stereocenters. The molecule has 0 radical (unpaired) electrons. The Hall–Kier alpha value is -0.420. The van der Waals surface area contributed by atoms with Crippen LogP contribution in [0.15, 0.2) is 6.20 Å². The van der Waals surface area contributed by atoms with Crippen molar-refractivity contribution in [3.05, 3.63) is 22.2 Å². The first kappa shape index (κ1) is 12.0. The molecule has 16 heavy (non-hydrogen) atoms. The fourth-order valence-corrected chi connectivity index (χ4v) is 1.88. The largest absolute Gasteiger partial charge is 0.381 e. The number of methoxy groups -OCH3 is 1. The van der Waals surface area contributed by atoms with Crippen molar-refractivity contribution in [2.75, 3.05) is 7.11 Å². The zero-order valence-electron chi connectivity index (χ0n) is 8.82. The van der Waals surface area contributed by atoms with Crippen molar-refractivity contribution < 1.29 is 9.47 Å². The number of nitrogens with zero attached hydrogens (tertiary/aromatic N) is 2. The van der Waals surface area contributed by atoms with Crippen LogP contribution in [0.5, 0.6) is 0 Å². The number of ether oxygens (including phenoxy) is 2. The number of rotatable bonds is 4. The first-order chi connectivity index (χ1) is 7.69. The Bertz CT molecular complexity index is 370. The molecule has 1 aliphatic carbocycles. The van der Waals surface area contributed by atoms with Crippen LogP contribution in [0.3, 0.4) is 0 Å². The van der Waals surface area contributed by atoms with Crippen LogP contribution in [-0.4, -0.2) is 29.3 Å². The Morgan fingerprint density at radius 2 is 2.12 bits per heavy atom. The number of aromatic nitrogens is 2. The highest BCUT2D eigenvalue weighted by atomic mass is 35.5. The van der Waals surface area contributed by atoms with E-state index in [4.69, 9.17) is 32.7 Å². The van der Waals surface area contributed by atoms with Gasteiger partial charge in [0.05, 0.1) is 18.8 Å². The molecule has 1 heterocycles. The molecule has 2 rings (SSSR count). The van der Waals surface area contributed by atoms with Crippen molar-refractivity contribution in [3.63, 3.8) is 0 Å². The number of hydrogen-bond acceptors (Lipinski definition) is 4. The monoisotopic (exact) mass is 262 g/mol. The lowest BCUT2D eigenvalue weighted by Gasteiger charge is -2.33. The van der Waals surface area contributed by atoms with E-state index in [1.54, 1.807) is 13.3 Å². The average Bonchev–Trinajstić information content (AvgIpc) is 2.18. The van der Waals surface area contributed by atoms with E-state index >= 15 is 0 Å². The zero-order chi connectivity index (χ0) is 11.5. The van der Waals surface area contributed by atoms with E-state index in [0.29, 0.717) is 17.9 Å². The maximum absolute atomic E-state index is 5.89. The predicted molar refractivity (Wildman–Crippen MR) is 60.7 cm³/mol. The van der Waals surface area contributed by atoms with Gasteiger partial charge in [-0.3, -0.25) is 0 Å². The standard InChI is InChI=1S/C10H12Cl2N2O2/c1-15-7-2-8(3-7)16-5-6-4-13-10(12)14-9(6)11/h4,7-8H,2-3,5H2,1H3. The van der Waals surface area contributed by atoms with Gasteiger partial charge in [0.1, 0.15) is 5.15 Å². The molecule has 0 amide bonds. The van der Waals surface area contributed by atoms with E-state index in [9.17, 15) is 0 Å². The van der Waals surface area contributed by atoms with Gasteiger partial charge in [0.2, 0.25) is 5.28 Å². The summed E-state index contributed by atoms with van der Waals surface area (Å²) in [6.45, 7) is 0.414. The molecule has 1 aliphatic rings. The van der Waals surface area contributed by atoms with Gasteiger partial charge in [0.15, 0.2) is 0 Å². The zero-order valence-corrected chi connectivity index (χ0v) is 10.3. The van der Waals surface area contributed by atoms with E-state index in [1.807, 2.05) is 0 Å². The molecule has 0 bridgehead atoms. The third-order valence-electron chi connectivity index (χ3n) is 2.64. The lowest BCUT2D eigenvalue weighted by atomic mass is 9.92. The van der Waals surface area contributed by atoms with E-state index in [-0.39, 0.29) is 11.4 Å². The van der Waals surface area contributed by atoms with Gasteiger partial charge in [-0.15, -0.1) is 0 Å². The van der Waals surface area contributed by atoms with Crippen LogP contribution in [0.2, 0.25) is 10.4 Å². The molecule has 1 fully saturated rings. The lowest BCUT2D eigenvalue weighted by molar-refractivity contribution is -0.0929. The smallest absolute Gasteiger partial charge is 0.223 e. The summed E-state index contributed by atoms with van der Waals surface area (Å²) in [6.07, 6.45) is 4.04. The van der Waals surface area contributed by atoms with Crippen LogP contribution >= 0.6 is 23.2 Å². The molecule has 0 atom stereocenters. The molecule has 1 aromatic rings. The molecule has 1 saturated carbocycles. The summed E-state index contributed by atoms with van der Waals surface area (Å²) in [5.74, 6) is 0. The van der Waals surface area contributed by atoms with Crippen LogP contribution in [0.1, 0.15) is 18.4 Å². The predicted octanol–water partition coefficient (Wildman–Crippen LogP) is 2.48. The van der Waals surface area contributed by atoms with Crippen molar-refractivity contribution in [1.82, 2.24) is 9.97 Å². The molecule has 0 spiro atoms. The molecule has 6 heteroatoms. The summed E-state index contributed by atoms with van der Waals surface area (Å²) < 4.78 is 10.8. The summed E-state index contributed by atoms with van der Waals surface area (Å²) in [7, 11) is 1.71. The molecule has 0 aliphatic heterocycles. The van der Waals surface area contributed by atoms with E-state index in [2.05, 4.69) is 9.97 Å². The van der Waals surface area contributed by atoms with Crippen LogP contribution in [0.4, 0.5) is 0 Å². The molecule has 1 aromatic heterocycles.